The van der Waals surface area contributed by atoms with Crippen molar-refractivity contribution in [3.05, 3.63) is 5.82 Å². The van der Waals surface area contributed by atoms with Gasteiger partial charge in [0.1, 0.15) is 0 Å². The second-order valence-electron chi connectivity index (χ2n) is 5.65. The van der Waals surface area contributed by atoms with Gasteiger partial charge in [-0.3, -0.25) is 9.59 Å². The van der Waals surface area contributed by atoms with E-state index in [1.165, 1.54) is 0 Å². The third-order valence-electron chi connectivity index (χ3n) is 3.56. The fraction of sp³-hybridized carbons (Fsp3) is 0.786. The lowest BCUT2D eigenvalue weighted by atomic mass is 9.83. The number of aromatic nitrogens is 4. The number of nitrogens with zero attached hydrogens (tertiary/aromatic N) is 3. The van der Waals surface area contributed by atoms with Crippen molar-refractivity contribution in [2.45, 2.75) is 58.2 Å². The van der Waals surface area contributed by atoms with Crippen molar-refractivity contribution < 1.29 is 19.4 Å². The third-order valence-corrected chi connectivity index (χ3v) is 3.56. The van der Waals surface area contributed by atoms with Crippen LogP contribution in [0.5, 0.6) is 0 Å². The molecule has 0 unspecified atom stereocenters. The van der Waals surface area contributed by atoms with Crippen LogP contribution in [0.15, 0.2) is 0 Å². The van der Waals surface area contributed by atoms with Gasteiger partial charge in [-0.1, -0.05) is 12.1 Å². The number of aliphatic carboxylic acids is 1. The summed E-state index contributed by atoms with van der Waals surface area (Å²) in [4.78, 5) is 21.1. The average Bonchev–Trinajstić information content (AvgIpc) is 3.04. The van der Waals surface area contributed by atoms with E-state index < -0.39 is 5.97 Å². The van der Waals surface area contributed by atoms with Crippen molar-refractivity contribution in [3.63, 3.8) is 0 Å². The van der Waals surface area contributed by atoms with Gasteiger partial charge < -0.3 is 20.9 Å². The minimum atomic E-state index is -0.833. The minimum absolute atomic E-state index is 0.00629. The molecule has 5 N–H and O–H groups in total. The number of tetrazole rings is 1. The number of amides is 1. The van der Waals surface area contributed by atoms with E-state index in [1.807, 2.05) is 0 Å². The van der Waals surface area contributed by atoms with Gasteiger partial charge in [-0.05, 0) is 25.7 Å². The number of carbonyl (C=O) groups is 2. The Morgan fingerprint density at radius 3 is 2.75 bits per heavy atom. The highest BCUT2D eigenvalue weighted by Gasteiger charge is 2.32. The standard InChI is InChI=1S/C12H22N6O2.C2H4O2/c1-2-5-20-10-6-8(3-4-9(10)13)12(19)14-7-11-15-17-18-16-11;1-2(3)4/h8-10H,2-7,13H2,1H3,(H,14,19)(H,15,16,17,18);1H3,(H,3,4)/t8-,9-,10-;/m0./s1. The number of nitrogens with two attached hydrogens (primary N) is 1. The lowest BCUT2D eigenvalue weighted by Crippen LogP contribution is -2.45. The molecule has 1 saturated carbocycles. The minimum Gasteiger partial charge on any atom is -0.481 e. The molecule has 0 bridgehead atoms. The molecule has 0 radical (unpaired) electrons. The summed E-state index contributed by atoms with van der Waals surface area (Å²) < 4.78 is 5.73. The molecule has 3 atom stereocenters. The molecule has 10 heteroatoms. The van der Waals surface area contributed by atoms with Crippen LogP contribution < -0.4 is 11.1 Å². The Hall–Kier alpha value is -2.07. The van der Waals surface area contributed by atoms with Gasteiger partial charge in [-0.2, -0.15) is 5.21 Å². The Balaban J connectivity index is 0.000000648. The van der Waals surface area contributed by atoms with Crippen molar-refractivity contribution in [1.82, 2.24) is 25.9 Å². The van der Waals surface area contributed by atoms with E-state index in [0.717, 1.165) is 26.2 Å². The zero-order valence-corrected chi connectivity index (χ0v) is 14.1. The van der Waals surface area contributed by atoms with Gasteiger partial charge in [0.05, 0.1) is 12.6 Å². The van der Waals surface area contributed by atoms with E-state index in [9.17, 15) is 4.79 Å². The van der Waals surface area contributed by atoms with Crippen LogP contribution in [0, 0.1) is 5.92 Å². The molecule has 0 spiro atoms. The van der Waals surface area contributed by atoms with Crippen molar-refractivity contribution >= 4 is 11.9 Å². The molecular formula is C14H26N6O4. The van der Waals surface area contributed by atoms with Crippen molar-refractivity contribution in [2.75, 3.05) is 6.61 Å². The predicted molar refractivity (Wildman–Crippen MR) is 84.7 cm³/mol. The summed E-state index contributed by atoms with van der Waals surface area (Å²) in [5.74, 6) is -0.403. The Morgan fingerprint density at radius 2 is 2.17 bits per heavy atom. The summed E-state index contributed by atoms with van der Waals surface area (Å²) in [5.41, 5.74) is 6.04. The number of carboxylic acids is 1. The first kappa shape index (κ1) is 20.0. The lowest BCUT2D eigenvalue weighted by Gasteiger charge is -2.33. The van der Waals surface area contributed by atoms with E-state index in [4.69, 9.17) is 20.4 Å². The second-order valence-corrected chi connectivity index (χ2v) is 5.65. The molecule has 0 saturated heterocycles. The molecule has 0 aromatic carbocycles. The molecule has 1 aliphatic rings. The Labute approximate surface area is 140 Å². The Kier molecular flexibility index (Phi) is 8.87. The van der Waals surface area contributed by atoms with Crippen LogP contribution in [0.2, 0.25) is 0 Å². The quantitative estimate of drug-likeness (QED) is 0.555. The van der Waals surface area contributed by atoms with Gasteiger partial charge >= 0.3 is 0 Å². The Bertz CT molecular complexity index is 491. The van der Waals surface area contributed by atoms with Gasteiger partial charge in [0.2, 0.25) is 5.91 Å². The number of aromatic amines is 1. The normalized spacial score (nSPS) is 23.0. The highest BCUT2D eigenvalue weighted by Crippen LogP contribution is 2.26. The van der Waals surface area contributed by atoms with Crippen LogP contribution in [0.25, 0.3) is 0 Å². The molecule has 24 heavy (non-hydrogen) atoms. The van der Waals surface area contributed by atoms with Gasteiger partial charge in [0, 0.05) is 25.5 Å². The Morgan fingerprint density at radius 1 is 1.46 bits per heavy atom. The number of rotatable bonds is 6. The largest absolute Gasteiger partial charge is 0.481 e. The summed E-state index contributed by atoms with van der Waals surface area (Å²) >= 11 is 0. The van der Waals surface area contributed by atoms with Crippen LogP contribution in [-0.4, -0.2) is 56.4 Å². The van der Waals surface area contributed by atoms with Gasteiger partial charge in [-0.15, -0.1) is 10.2 Å². The SMILES string of the molecule is CC(=O)O.CCCO[C@H]1C[C@@H](C(=O)NCc2nn[nH]n2)CC[C@@H]1N. The number of H-pyrrole nitrogens is 1. The molecule has 136 valence electrons. The van der Waals surface area contributed by atoms with E-state index in [1.54, 1.807) is 0 Å². The monoisotopic (exact) mass is 342 g/mol. The fourth-order valence-electron chi connectivity index (χ4n) is 2.42. The van der Waals surface area contributed by atoms with E-state index in [-0.39, 0.29) is 24.0 Å². The summed E-state index contributed by atoms with van der Waals surface area (Å²) in [6.45, 7) is 4.12. The maximum absolute atomic E-state index is 12.1. The maximum atomic E-state index is 12.1. The molecule has 10 nitrogen and oxygen atoms in total. The fourth-order valence-corrected chi connectivity index (χ4v) is 2.42. The van der Waals surface area contributed by atoms with E-state index >= 15 is 0 Å². The first-order valence-electron chi connectivity index (χ1n) is 8.00. The zero-order chi connectivity index (χ0) is 17.9. The average molecular weight is 342 g/mol. The van der Waals surface area contributed by atoms with Crippen LogP contribution in [0.4, 0.5) is 0 Å². The molecule has 1 heterocycles. The summed E-state index contributed by atoms with van der Waals surface area (Å²) in [6, 6.07) is 0.0304. The number of carboxylic acid groups (broad SMARTS) is 1. The number of ether oxygens (including phenoxy) is 1. The summed E-state index contributed by atoms with van der Waals surface area (Å²) in [6.07, 6.45) is 3.22. The second kappa shape index (κ2) is 10.7. The summed E-state index contributed by atoms with van der Waals surface area (Å²) in [5, 5.41) is 23.6. The molecular weight excluding hydrogens is 316 g/mol. The van der Waals surface area contributed by atoms with Gasteiger partial charge in [0.25, 0.3) is 5.97 Å². The molecule has 1 fully saturated rings. The van der Waals surface area contributed by atoms with E-state index in [0.29, 0.717) is 25.4 Å². The highest BCUT2D eigenvalue weighted by atomic mass is 16.5. The molecule has 1 aromatic rings. The molecule has 1 aliphatic carbocycles. The third kappa shape index (κ3) is 7.47. The highest BCUT2D eigenvalue weighted by molar-refractivity contribution is 5.78. The smallest absolute Gasteiger partial charge is 0.300 e. The topological polar surface area (TPSA) is 156 Å². The van der Waals surface area contributed by atoms with Crippen molar-refractivity contribution in [3.8, 4) is 0 Å². The van der Waals surface area contributed by atoms with Crippen LogP contribution in [-0.2, 0) is 20.9 Å². The number of nitrogens with one attached hydrogen (secondary N) is 2. The van der Waals surface area contributed by atoms with Gasteiger partial charge in [0.15, 0.2) is 5.82 Å². The lowest BCUT2D eigenvalue weighted by molar-refractivity contribution is -0.134. The van der Waals surface area contributed by atoms with E-state index in [2.05, 4.69) is 32.9 Å². The van der Waals surface area contributed by atoms with Crippen LogP contribution >= 0.6 is 0 Å². The number of carbonyl (C=O) groups excluding carboxylic acids is 1. The zero-order valence-electron chi connectivity index (χ0n) is 14.1. The van der Waals surface area contributed by atoms with Crippen molar-refractivity contribution in [1.29, 1.82) is 0 Å². The maximum Gasteiger partial charge on any atom is 0.300 e. The first-order chi connectivity index (χ1) is 11.4. The van der Waals surface area contributed by atoms with Crippen LogP contribution in [0.3, 0.4) is 0 Å². The number of hydrogen-bond acceptors (Lipinski definition) is 7. The first-order valence-corrected chi connectivity index (χ1v) is 8.00. The van der Waals surface area contributed by atoms with Gasteiger partial charge in [-0.25, -0.2) is 0 Å². The molecule has 1 aromatic heterocycles. The molecule has 0 aliphatic heterocycles. The predicted octanol–water partition coefficient (Wildman–Crippen LogP) is -0.171. The molecule has 2 rings (SSSR count). The summed E-state index contributed by atoms with van der Waals surface area (Å²) in [7, 11) is 0. The van der Waals surface area contributed by atoms with Crippen LogP contribution in [0.1, 0.15) is 45.4 Å². The number of hydrogen-bond donors (Lipinski definition) is 4. The molecule has 1 amide bonds. The van der Waals surface area contributed by atoms with Crippen molar-refractivity contribution in [2.24, 2.45) is 11.7 Å².